The lowest BCUT2D eigenvalue weighted by Gasteiger charge is -2.26. The van der Waals surface area contributed by atoms with Gasteiger partial charge in [-0.05, 0) is 148 Å². The second-order valence-corrected chi connectivity index (χ2v) is 16.1. The summed E-state index contributed by atoms with van der Waals surface area (Å²) in [6.45, 7) is 0. The smallest absolute Gasteiger partial charge is 0.0467 e. The average molecular weight is 774 g/mol. The van der Waals surface area contributed by atoms with Crippen molar-refractivity contribution in [3.63, 3.8) is 0 Å². The van der Waals surface area contributed by atoms with Crippen molar-refractivity contribution < 1.29 is 0 Å². The molecule has 284 valence electrons. The highest BCUT2D eigenvalue weighted by Gasteiger charge is 2.22. The van der Waals surface area contributed by atoms with Gasteiger partial charge in [0.2, 0.25) is 0 Å². The molecule has 0 unspecified atom stereocenters. The van der Waals surface area contributed by atoms with Gasteiger partial charge in [-0.25, -0.2) is 0 Å². The Kier molecular flexibility index (Phi) is 8.25. The number of nitrogens with zero attached hydrogens (tertiary/aromatic N) is 1. The van der Waals surface area contributed by atoms with Gasteiger partial charge in [0.15, 0.2) is 0 Å². The van der Waals surface area contributed by atoms with Crippen molar-refractivity contribution in [2.45, 2.75) is 0 Å². The van der Waals surface area contributed by atoms with Crippen LogP contribution in [0, 0.1) is 0 Å². The normalized spacial score (nSPS) is 11.6. The van der Waals surface area contributed by atoms with Crippen LogP contribution in [0.2, 0.25) is 0 Å². The topological polar surface area (TPSA) is 3.24 Å². The minimum atomic E-state index is 1.10. The number of benzene rings is 11. The van der Waals surface area contributed by atoms with E-state index in [0.29, 0.717) is 0 Å². The van der Waals surface area contributed by atoms with Crippen LogP contribution in [0.15, 0.2) is 237 Å². The predicted molar refractivity (Wildman–Crippen MR) is 260 cm³/mol. The largest absolute Gasteiger partial charge is 0.310 e. The van der Waals surface area contributed by atoms with Crippen LogP contribution in [0.4, 0.5) is 17.1 Å². The lowest BCUT2D eigenvalue weighted by molar-refractivity contribution is 1.28. The summed E-state index contributed by atoms with van der Waals surface area (Å²) in [5, 5.41) is 7.69. The van der Waals surface area contributed by atoms with Crippen LogP contribution in [0.5, 0.6) is 0 Å². The van der Waals surface area contributed by atoms with Gasteiger partial charge in [-0.3, -0.25) is 0 Å². The minimum absolute atomic E-state index is 1.10. The van der Waals surface area contributed by atoms with Gasteiger partial charge in [-0.1, -0.05) is 188 Å². The molecule has 0 atom stereocenters. The standard InChI is InChI=1S/C60H39N/c1-3-13-40(14-4-1)44-17-9-19-49(38-44)61(47-31-27-41(28-32-47)46-37-45-18-10-26-58-54-20-7-8-21-55(54)59(39-46)60(45)58)48-33-29-43(30-34-48)51-23-12-25-53-52-24-11-22-50(42-15-5-2-6-16-42)56(52)35-36-57(51)53/h1-39H. The average Bonchev–Trinajstić information content (AvgIpc) is 3.66. The third-order valence-electron chi connectivity index (χ3n) is 12.6. The van der Waals surface area contributed by atoms with Gasteiger partial charge in [-0.2, -0.15) is 0 Å². The quantitative estimate of drug-likeness (QED) is 0.146. The Morgan fingerprint density at radius 1 is 0.213 bits per heavy atom. The van der Waals surface area contributed by atoms with E-state index in [1.807, 2.05) is 0 Å². The summed E-state index contributed by atoms with van der Waals surface area (Å²) in [6, 6.07) is 86.6. The molecule has 0 saturated heterocycles. The molecule has 0 aliphatic heterocycles. The predicted octanol–water partition coefficient (Wildman–Crippen LogP) is 16.9. The summed E-state index contributed by atoms with van der Waals surface area (Å²) in [4.78, 5) is 2.38. The Morgan fingerprint density at radius 3 is 1.34 bits per heavy atom. The van der Waals surface area contributed by atoms with E-state index in [0.717, 1.165) is 17.1 Å². The molecule has 1 heteroatoms. The highest BCUT2D eigenvalue weighted by atomic mass is 15.1. The second kappa shape index (κ2) is 14.4. The van der Waals surface area contributed by atoms with Crippen LogP contribution in [-0.2, 0) is 0 Å². The molecule has 0 spiro atoms. The third kappa shape index (κ3) is 5.93. The van der Waals surface area contributed by atoms with E-state index < -0.39 is 0 Å². The summed E-state index contributed by atoms with van der Waals surface area (Å²) in [5.74, 6) is 0. The first kappa shape index (κ1) is 35.0. The molecule has 0 radical (unpaired) electrons. The summed E-state index contributed by atoms with van der Waals surface area (Å²) in [6.07, 6.45) is 0. The third-order valence-corrected chi connectivity index (χ3v) is 12.6. The van der Waals surface area contributed by atoms with E-state index in [9.17, 15) is 0 Å². The lowest BCUT2D eigenvalue weighted by Crippen LogP contribution is -2.10. The fourth-order valence-corrected chi connectivity index (χ4v) is 9.73. The van der Waals surface area contributed by atoms with Crippen molar-refractivity contribution >= 4 is 49.4 Å². The fraction of sp³-hybridized carbons (Fsp3) is 0. The highest BCUT2D eigenvalue weighted by molar-refractivity contribution is 6.17. The molecule has 0 heterocycles. The first-order valence-corrected chi connectivity index (χ1v) is 21.1. The zero-order valence-electron chi connectivity index (χ0n) is 33.5. The Labute approximate surface area is 356 Å². The lowest BCUT2D eigenvalue weighted by atomic mass is 9.91. The zero-order valence-corrected chi connectivity index (χ0v) is 33.5. The highest BCUT2D eigenvalue weighted by Crippen LogP contribution is 2.49. The van der Waals surface area contributed by atoms with Gasteiger partial charge >= 0.3 is 0 Å². The van der Waals surface area contributed by atoms with Gasteiger partial charge in [0.05, 0.1) is 0 Å². The molecule has 61 heavy (non-hydrogen) atoms. The molecule has 1 aliphatic carbocycles. The van der Waals surface area contributed by atoms with E-state index in [1.165, 1.54) is 99.1 Å². The number of hydrogen-bond acceptors (Lipinski definition) is 1. The Balaban J connectivity index is 0.942. The van der Waals surface area contributed by atoms with Gasteiger partial charge < -0.3 is 4.90 Å². The van der Waals surface area contributed by atoms with Crippen molar-refractivity contribution in [3.05, 3.63) is 237 Å². The summed E-state index contributed by atoms with van der Waals surface area (Å²) < 4.78 is 0. The van der Waals surface area contributed by atoms with E-state index in [1.54, 1.807) is 0 Å². The first-order valence-electron chi connectivity index (χ1n) is 21.1. The van der Waals surface area contributed by atoms with E-state index in [-0.39, 0.29) is 0 Å². The van der Waals surface area contributed by atoms with E-state index in [4.69, 9.17) is 0 Å². The maximum Gasteiger partial charge on any atom is 0.0467 e. The maximum absolute atomic E-state index is 2.38. The van der Waals surface area contributed by atoms with Crippen molar-refractivity contribution in [1.29, 1.82) is 0 Å². The van der Waals surface area contributed by atoms with Crippen LogP contribution in [0.25, 0.3) is 99.1 Å². The molecule has 11 aromatic carbocycles. The van der Waals surface area contributed by atoms with Gasteiger partial charge in [-0.15, -0.1) is 0 Å². The molecule has 0 bridgehead atoms. The maximum atomic E-state index is 2.38. The van der Waals surface area contributed by atoms with Crippen molar-refractivity contribution in [2.75, 3.05) is 4.90 Å². The fourth-order valence-electron chi connectivity index (χ4n) is 9.73. The monoisotopic (exact) mass is 773 g/mol. The first-order chi connectivity index (χ1) is 30.2. The van der Waals surface area contributed by atoms with E-state index >= 15 is 0 Å². The number of fused-ring (bicyclic) bond motifs is 6. The number of anilines is 3. The Hall–Kier alpha value is -8.00. The number of hydrogen-bond donors (Lipinski definition) is 0. The van der Waals surface area contributed by atoms with Crippen LogP contribution in [0.1, 0.15) is 0 Å². The molecular weight excluding hydrogens is 735 g/mol. The van der Waals surface area contributed by atoms with Gasteiger partial charge in [0.25, 0.3) is 0 Å². The molecule has 0 amide bonds. The molecule has 0 aromatic heterocycles. The molecular formula is C60H39N. The zero-order chi connectivity index (χ0) is 40.3. The Morgan fingerprint density at radius 2 is 0.689 bits per heavy atom. The second-order valence-electron chi connectivity index (χ2n) is 16.1. The van der Waals surface area contributed by atoms with Crippen molar-refractivity contribution in [2.24, 2.45) is 0 Å². The molecule has 1 nitrogen and oxygen atoms in total. The van der Waals surface area contributed by atoms with Crippen LogP contribution >= 0.6 is 0 Å². The molecule has 0 N–H and O–H groups in total. The minimum Gasteiger partial charge on any atom is -0.310 e. The summed E-state index contributed by atoms with van der Waals surface area (Å²) in [7, 11) is 0. The van der Waals surface area contributed by atoms with Crippen LogP contribution in [0.3, 0.4) is 0 Å². The number of rotatable bonds is 7. The van der Waals surface area contributed by atoms with Crippen LogP contribution in [-0.4, -0.2) is 0 Å². The molecule has 11 aromatic rings. The van der Waals surface area contributed by atoms with Crippen LogP contribution < -0.4 is 4.90 Å². The van der Waals surface area contributed by atoms with Crippen molar-refractivity contribution in [1.82, 2.24) is 0 Å². The molecule has 0 fully saturated rings. The summed E-state index contributed by atoms with van der Waals surface area (Å²) >= 11 is 0. The van der Waals surface area contributed by atoms with Crippen molar-refractivity contribution in [3.8, 4) is 66.8 Å². The summed E-state index contributed by atoms with van der Waals surface area (Å²) in [5.41, 5.74) is 18.3. The molecule has 12 rings (SSSR count). The molecule has 1 aliphatic rings. The SMILES string of the molecule is c1ccc(-c2cccc(N(c3ccc(-c4cc5c6c(cccc6c4)-c4ccccc4-5)cc3)c3ccc(-c4cccc5c4ccc4c(-c6ccccc6)cccc45)cc3)c2)cc1. The Bertz CT molecular complexity index is 3440. The van der Waals surface area contributed by atoms with Gasteiger partial charge in [0, 0.05) is 17.1 Å². The van der Waals surface area contributed by atoms with E-state index in [2.05, 4.69) is 241 Å². The molecule has 0 saturated carbocycles. The van der Waals surface area contributed by atoms with Gasteiger partial charge in [0.1, 0.15) is 0 Å².